The lowest BCUT2D eigenvalue weighted by molar-refractivity contribution is 0.181. The second kappa shape index (κ2) is 10.3. The van der Waals surface area contributed by atoms with Crippen LogP contribution >= 0.6 is 0 Å². The van der Waals surface area contributed by atoms with Crippen molar-refractivity contribution < 1.29 is 23.0 Å². The molecule has 0 heterocycles. The van der Waals surface area contributed by atoms with E-state index in [2.05, 4.69) is 0 Å². The molecule has 1 fully saturated rings. The van der Waals surface area contributed by atoms with Crippen LogP contribution in [0.25, 0.3) is 23.3 Å². The van der Waals surface area contributed by atoms with Crippen molar-refractivity contribution in [2.75, 3.05) is 13.7 Å². The van der Waals surface area contributed by atoms with Crippen molar-refractivity contribution in [3.05, 3.63) is 88.7 Å². The molecule has 2 nitrogen and oxygen atoms in total. The molecular weight excluding hydrogens is 425 g/mol. The Morgan fingerprint density at radius 1 is 0.879 bits per heavy atom. The van der Waals surface area contributed by atoms with Crippen molar-refractivity contribution in [1.29, 1.82) is 0 Å². The van der Waals surface area contributed by atoms with Crippen molar-refractivity contribution in [1.82, 2.24) is 0 Å². The molecule has 1 aliphatic rings. The van der Waals surface area contributed by atoms with Crippen molar-refractivity contribution >= 4 is 12.2 Å². The zero-order chi connectivity index (χ0) is 23.4. The molecule has 0 aromatic heterocycles. The first kappa shape index (κ1) is 23.1. The lowest BCUT2D eigenvalue weighted by atomic mass is 9.78. The second-order valence-electron chi connectivity index (χ2n) is 8.57. The summed E-state index contributed by atoms with van der Waals surface area (Å²) in [5.74, 6) is -1.29. The molecule has 0 amide bonds. The quantitative estimate of drug-likeness (QED) is 0.400. The summed E-state index contributed by atoms with van der Waals surface area (Å²) in [4.78, 5) is 0. The summed E-state index contributed by atoms with van der Waals surface area (Å²) in [7, 11) is 1.49. The van der Waals surface area contributed by atoms with Gasteiger partial charge >= 0.3 is 0 Å². The third kappa shape index (κ3) is 5.14. The van der Waals surface area contributed by atoms with E-state index in [4.69, 9.17) is 4.74 Å². The first-order valence-electron chi connectivity index (χ1n) is 11.2. The van der Waals surface area contributed by atoms with Crippen molar-refractivity contribution in [3.63, 3.8) is 0 Å². The Morgan fingerprint density at radius 2 is 1.61 bits per heavy atom. The summed E-state index contributed by atoms with van der Waals surface area (Å²) in [5, 5.41) is 9.28. The molecule has 3 aromatic rings. The first-order chi connectivity index (χ1) is 16.0. The number of benzene rings is 3. The van der Waals surface area contributed by atoms with Gasteiger partial charge in [0.05, 0.1) is 7.11 Å². The highest BCUT2D eigenvalue weighted by Gasteiger charge is 2.25. The Labute approximate surface area is 192 Å². The number of hydrogen-bond acceptors (Lipinski definition) is 2. The number of ether oxygens (including phenoxy) is 1. The fraction of sp³-hybridized carbons (Fsp3) is 0.286. The van der Waals surface area contributed by atoms with Crippen LogP contribution in [0.2, 0.25) is 0 Å². The third-order valence-corrected chi connectivity index (χ3v) is 6.54. The van der Waals surface area contributed by atoms with Gasteiger partial charge in [-0.25, -0.2) is 13.2 Å². The largest absolute Gasteiger partial charge is 0.497 e. The normalized spacial score (nSPS) is 18.6. The SMILES string of the molecule is COc1ccc(-c2ccc(C=Cc3ccc(C4CCC(CO)CC4)c(F)c3F)cc2)c(F)c1. The standard InChI is InChI=1S/C28H27F3O2/c1-33-23-13-15-24(26(29)16-23)20-7-2-18(3-8-20)4-11-22-12-14-25(28(31)27(22)30)21-9-5-19(17-32)6-10-21/h2-4,7-8,11-16,19,21,32H,5-6,9-10,17H2,1H3. The molecule has 0 saturated heterocycles. The monoisotopic (exact) mass is 452 g/mol. The van der Waals surface area contributed by atoms with Gasteiger partial charge in [-0.15, -0.1) is 0 Å². The van der Waals surface area contributed by atoms with Crippen molar-refractivity contribution in [3.8, 4) is 16.9 Å². The van der Waals surface area contributed by atoms with E-state index in [0.717, 1.165) is 31.2 Å². The van der Waals surface area contributed by atoms with Crippen LogP contribution in [-0.4, -0.2) is 18.8 Å². The zero-order valence-electron chi connectivity index (χ0n) is 18.5. The summed E-state index contributed by atoms with van der Waals surface area (Å²) >= 11 is 0. The molecule has 1 aliphatic carbocycles. The van der Waals surface area contributed by atoms with Crippen LogP contribution in [0.1, 0.15) is 48.3 Å². The van der Waals surface area contributed by atoms with Gasteiger partial charge in [-0.2, -0.15) is 0 Å². The summed E-state index contributed by atoms with van der Waals surface area (Å²) in [6.07, 6.45) is 6.45. The Bertz CT molecular complexity index is 1130. The van der Waals surface area contributed by atoms with E-state index in [1.54, 1.807) is 60.7 Å². The molecule has 1 saturated carbocycles. The lowest BCUT2D eigenvalue weighted by Crippen LogP contribution is -2.17. The number of halogens is 3. The molecule has 5 heteroatoms. The van der Waals surface area contributed by atoms with Crippen LogP contribution in [0.15, 0.2) is 54.6 Å². The molecule has 0 radical (unpaired) electrons. The second-order valence-corrected chi connectivity index (χ2v) is 8.57. The number of aliphatic hydroxyl groups excluding tert-OH is 1. The number of aliphatic hydroxyl groups is 1. The lowest BCUT2D eigenvalue weighted by Gasteiger charge is -2.28. The average Bonchev–Trinajstić information content (AvgIpc) is 2.85. The summed E-state index contributed by atoms with van der Waals surface area (Å²) < 4.78 is 48.8. The number of methoxy groups -OCH3 is 1. The van der Waals surface area contributed by atoms with Gasteiger partial charge < -0.3 is 9.84 Å². The zero-order valence-corrected chi connectivity index (χ0v) is 18.5. The van der Waals surface area contributed by atoms with E-state index in [1.807, 2.05) is 0 Å². The highest BCUT2D eigenvalue weighted by Crippen LogP contribution is 2.37. The summed E-state index contributed by atoms with van der Waals surface area (Å²) in [6.45, 7) is 0.156. The Balaban J connectivity index is 1.48. The number of rotatable bonds is 6. The molecular formula is C28H27F3O2. The predicted octanol–water partition coefficient (Wildman–Crippen LogP) is 7.22. The molecule has 172 valence electrons. The van der Waals surface area contributed by atoms with Crippen molar-refractivity contribution in [2.45, 2.75) is 31.6 Å². The Morgan fingerprint density at radius 3 is 2.24 bits per heavy atom. The van der Waals surface area contributed by atoms with E-state index >= 15 is 0 Å². The van der Waals surface area contributed by atoms with Crippen LogP contribution in [-0.2, 0) is 0 Å². The van der Waals surface area contributed by atoms with Gasteiger partial charge in [-0.3, -0.25) is 0 Å². The van der Waals surface area contributed by atoms with Crippen LogP contribution in [0.3, 0.4) is 0 Å². The van der Waals surface area contributed by atoms with Gasteiger partial charge in [0.1, 0.15) is 11.6 Å². The minimum Gasteiger partial charge on any atom is -0.497 e. The van der Waals surface area contributed by atoms with Gasteiger partial charge in [0, 0.05) is 23.8 Å². The van der Waals surface area contributed by atoms with Crippen molar-refractivity contribution in [2.24, 2.45) is 5.92 Å². The molecule has 0 atom stereocenters. The molecule has 4 rings (SSSR count). The van der Waals surface area contributed by atoms with Crippen LogP contribution in [0.4, 0.5) is 13.2 Å². The minimum atomic E-state index is -0.843. The first-order valence-corrected chi connectivity index (χ1v) is 11.2. The highest BCUT2D eigenvalue weighted by atomic mass is 19.2. The van der Waals surface area contributed by atoms with Gasteiger partial charge in [0.25, 0.3) is 0 Å². The highest BCUT2D eigenvalue weighted by molar-refractivity contribution is 5.73. The third-order valence-electron chi connectivity index (χ3n) is 6.54. The molecule has 0 bridgehead atoms. The van der Waals surface area contributed by atoms with Gasteiger partial charge in [0.15, 0.2) is 11.6 Å². The molecule has 0 spiro atoms. The number of hydrogen-bond donors (Lipinski definition) is 1. The van der Waals surface area contributed by atoms with E-state index in [0.29, 0.717) is 22.4 Å². The predicted molar refractivity (Wildman–Crippen MR) is 125 cm³/mol. The molecule has 1 N–H and O–H groups in total. The smallest absolute Gasteiger partial charge is 0.166 e. The fourth-order valence-electron chi connectivity index (χ4n) is 4.50. The maximum atomic E-state index is 14.8. The van der Waals surface area contributed by atoms with E-state index in [-0.39, 0.29) is 29.8 Å². The van der Waals surface area contributed by atoms with E-state index in [9.17, 15) is 18.3 Å². The summed E-state index contributed by atoms with van der Waals surface area (Å²) in [6, 6.07) is 15.2. The van der Waals surface area contributed by atoms with Crippen LogP contribution < -0.4 is 4.74 Å². The van der Waals surface area contributed by atoms with Crippen LogP contribution in [0.5, 0.6) is 5.75 Å². The molecule has 33 heavy (non-hydrogen) atoms. The van der Waals surface area contributed by atoms with E-state index < -0.39 is 11.6 Å². The molecule has 3 aromatic carbocycles. The molecule has 0 aliphatic heterocycles. The minimum absolute atomic E-state index is 0.00813. The topological polar surface area (TPSA) is 29.5 Å². The summed E-state index contributed by atoms with van der Waals surface area (Å²) in [5.41, 5.74) is 2.57. The Hall–Kier alpha value is -3.05. The Kier molecular flexibility index (Phi) is 7.19. The maximum Gasteiger partial charge on any atom is 0.166 e. The molecule has 0 unspecified atom stereocenters. The van der Waals surface area contributed by atoms with Gasteiger partial charge in [0.2, 0.25) is 0 Å². The van der Waals surface area contributed by atoms with Crippen LogP contribution in [0, 0.1) is 23.4 Å². The average molecular weight is 453 g/mol. The van der Waals surface area contributed by atoms with Gasteiger partial charge in [-0.05, 0) is 66.3 Å². The van der Waals surface area contributed by atoms with Gasteiger partial charge in [-0.1, -0.05) is 48.6 Å². The maximum absolute atomic E-state index is 14.8. The van der Waals surface area contributed by atoms with E-state index in [1.165, 1.54) is 13.2 Å². The fourth-order valence-corrected chi connectivity index (χ4v) is 4.50.